The first kappa shape index (κ1) is 12.8. The minimum absolute atomic E-state index is 0.417. The van der Waals surface area contributed by atoms with Crippen LogP contribution >= 0.6 is 0 Å². The first-order valence-corrected chi connectivity index (χ1v) is 6.39. The van der Waals surface area contributed by atoms with E-state index in [0.717, 1.165) is 23.6 Å². The van der Waals surface area contributed by atoms with Gasteiger partial charge < -0.3 is 14.8 Å². The molecule has 0 radical (unpaired) electrons. The smallest absolute Gasteiger partial charge is 0.162 e. The van der Waals surface area contributed by atoms with E-state index in [-0.39, 0.29) is 0 Å². The van der Waals surface area contributed by atoms with Gasteiger partial charge in [-0.25, -0.2) is 0 Å². The molecule has 0 spiro atoms. The van der Waals surface area contributed by atoms with Gasteiger partial charge in [-0.2, -0.15) is 0 Å². The highest BCUT2D eigenvalue weighted by molar-refractivity contribution is 5.48. The van der Waals surface area contributed by atoms with Gasteiger partial charge in [0.15, 0.2) is 11.5 Å². The first-order chi connectivity index (χ1) is 8.79. The van der Waals surface area contributed by atoms with Crippen LogP contribution in [0.5, 0.6) is 11.5 Å². The van der Waals surface area contributed by atoms with Crippen LogP contribution in [0.25, 0.3) is 0 Å². The predicted octanol–water partition coefficient (Wildman–Crippen LogP) is 2.05. The highest BCUT2D eigenvalue weighted by atomic mass is 16.5. The summed E-state index contributed by atoms with van der Waals surface area (Å²) in [5, 5.41) is 3.17. The molecule has 0 bridgehead atoms. The molecule has 1 aromatic rings. The molecule has 1 N–H and O–H groups in total. The Morgan fingerprint density at radius 2 is 2.06 bits per heavy atom. The Morgan fingerprint density at radius 1 is 1.28 bits per heavy atom. The number of ether oxygens (including phenoxy) is 2. The second-order valence-corrected chi connectivity index (χ2v) is 4.47. The molecule has 3 heteroatoms. The lowest BCUT2D eigenvalue weighted by molar-refractivity contribution is 0.228. The highest BCUT2D eigenvalue weighted by Gasteiger charge is 2.14. The normalized spacial score (nSPS) is 17.6. The number of benzene rings is 1. The van der Waals surface area contributed by atoms with Gasteiger partial charge in [0, 0.05) is 11.5 Å². The molecule has 0 fully saturated rings. The van der Waals surface area contributed by atoms with Crippen LogP contribution in [0, 0.1) is 17.8 Å². The van der Waals surface area contributed by atoms with Crippen molar-refractivity contribution < 1.29 is 9.47 Å². The predicted molar refractivity (Wildman–Crippen MR) is 72.0 cm³/mol. The molecule has 0 aromatic heterocycles. The van der Waals surface area contributed by atoms with E-state index in [9.17, 15) is 0 Å². The van der Waals surface area contributed by atoms with Crippen LogP contribution in [-0.2, 0) is 0 Å². The third-order valence-electron chi connectivity index (χ3n) is 2.69. The van der Waals surface area contributed by atoms with Crippen molar-refractivity contribution in [2.45, 2.75) is 13.8 Å². The molecule has 96 valence electrons. The highest BCUT2D eigenvalue weighted by Crippen LogP contribution is 2.30. The maximum absolute atomic E-state index is 5.72. The molecule has 18 heavy (non-hydrogen) atoms. The third-order valence-corrected chi connectivity index (χ3v) is 2.69. The van der Waals surface area contributed by atoms with Crippen molar-refractivity contribution in [1.29, 1.82) is 0 Å². The van der Waals surface area contributed by atoms with Gasteiger partial charge in [-0.05, 0) is 24.7 Å². The molecule has 1 aliphatic rings. The fourth-order valence-electron chi connectivity index (χ4n) is 1.66. The summed E-state index contributed by atoms with van der Waals surface area (Å²) in [6.07, 6.45) is 0. The number of hydrogen-bond donors (Lipinski definition) is 1. The molecule has 1 unspecified atom stereocenters. The monoisotopic (exact) mass is 245 g/mol. The molecule has 1 aromatic carbocycles. The molecule has 0 amide bonds. The lowest BCUT2D eigenvalue weighted by atomic mass is 10.2. The first-order valence-electron chi connectivity index (χ1n) is 6.39. The van der Waals surface area contributed by atoms with Crippen molar-refractivity contribution in [3.8, 4) is 23.3 Å². The Balaban J connectivity index is 2.09. The number of hydrogen-bond acceptors (Lipinski definition) is 3. The minimum Gasteiger partial charge on any atom is -0.489 e. The molecule has 1 heterocycles. The number of rotatable bonds is 2. The van der Waals surface area contributed by atoms with E-state index < -0.39 is 0 Å². The Bertz CT molecular complexity index is 459. The Hall–Kier alpha value is -1.66. The Morgan fingerprint density at radius 3 is 2.83 bits per heavy atom. The molecule has 0 saturated heterocycles. The maximum Gasteiger partial charge on any atom is 0.162 e. The molecule has 0 saturated carbocycles. The topological polar surface area (TPSA) is 30.5 Å². The van der Waals surface area contributed by atoms with Crippen molar-refractivity contribution >= 4 is 0 Å². The summed E-state index contributed by atoms with van der Waals surface area (Å²) >= 11 is 0. The fourth-order valence-corrected chi connectivity index (χ4v) is 1.66. The van der Waals surface area contributed by atoms with Crippen LogP contribution in [0.1, 0.15) is 19.4 Å². The Labute approximate surface area is 108 Å². The molecule has 1 aliphatic heterocycles. The van der Waals surface area contributed by atoms with Crippen molar-refractivity contribution in [2.75, 3.05) is 26.3 Å². The van der Waals surface area contributed by atoms with Crippen LogP contribution in [0.3, 0.4) is 0 Å². The average molecular weight is 245 g/mol. The van der Waals surface area contributed by atoms with Crippen molar-refractivity contribution in [3.63, 3.8) is 0 Å². The summed E-state index contributed by atoms with van der Waals surface area (Å²) in [4.78, 5) is 0. The minimum atomic E-state index is 0.417. The van der Waals surface area contributed by atoms with Gasteiger partial charge in [0.2, 0.25) is 0 Å². The van der Waals surface area contributed by atoms with Crippen molar-refractivity contribution in [1.82, 2.24) is 5.32 Å². The van der Waals surface area contributed by atoms with Gasteiger partial charge in [0.05, 0.1) is 19.8 Å². The van der Waals surface area contributed by atoms with Gasteiger partial charge in [0.1, 0.15) is 0 Å². The average Bonchev–Trinajstić information content (AvgIpc) is 2.57. The third kappa shape index (κ3) is 3.41. The van der Waals surface area contributed by atoms with Gasteiger partial charge >= 0.3 is 0 Å². The van der Waals surface area contributed by atoms with Crippen LogP contribution in [-0.4, -0.2) is 26.3 Å². The van der Waals surface area contributed by atoms with Gasteiger partial charge in [-0.3, -0.25) is 0 Å². The van der Waals surface area contributed by atoms with E-state index in [4.69, 9.17) is 9.47 Å². The SMILES string of the molecule is CCNCC#Cc1ccc2c(c1)OCC(C)CO2. The van der Waals surface area contributed by atoms with E-state index in [1.165, 1.54) is 0 Å². The van der Waals surface area contributed by atoms with Crippen LogP contribution in [0.15, 0.2) is 18.2 Å². The second-order valence-electron chi connectivity index (χ2n) is 4.47. The zero-order valence-corrected chi connectivity index (χ0v) is 11.0. The maximum atomic E-state index is 5.72. The van der Waals surface area contributed by atoms with Gasteiger partial charge in [-0.1, -0.05) is 25.7 Å². The summed E-state index contributed by atoms with van der Waals surface area (Å²) in [7, 11) is 0. The molecule has 0 aliphatic carbocycles. The quantitative estimate of drug-likeness (QED) is 0.639. The van der Waals surface area contributed by atoms with E-state index >= 15 is 0 Å². The number of nitrogens with one attached hydrogen (secondary N) is 1. The fraction of sp³-hybridized carbons (Fsp3) is 0.467. The van der Waals surface area contributed by atoms with E-state index in [1.54, 1.807) is 0 Å². The van der Waals surface area contributed by atoms with Crippen molar-refractivity contribution in [3.05, 3.63) is 23.8 Å². The summed E-state index contributed by atoms with van der Waals surface area (Å²) in [5.74, 6) is 8.22. The van der Waals surface area contributed by atoms with Gasteiger partial charge in [0.25, 0.3) is 0 Å². The Kier molecular flexibility index (Phi) is 4.49. The zero-order valence-electron chi connectivity index (χ0n) is 11.0. The van der Waals surface area contributed by atoms with Crippen molar-refractivity contribution in [2.24, 2.45) is 5.92 Å². The lowest BCUT2D eigenvalue weighted by Gasteiger charge is -2.06. The standard InChI is InChI=1S/C15H19NO2/c1-3-16-8-4-5-13-6-7-14-15(9-13)18-11-12(2)10-17-14/h6-7,9,12,16H,3,8,10-11H2,1-2H3. The summed E-state index contributed by atoms with van der Waals surface area (Å²) in [5.41, 5.74) is 0.963. The second kappa shape index (κ2) is 6.32. The van der Waals surface area contributed by atoms with Crippen LogP contribution in [0.2, 0.25) is 0 Å². The molecule has 3 nitrogen and oxygen atoms in total. The molecular formula is C15H19NO2. The molecular weight excluding hydrogens is 226 g/mol. The molecule has 1 atom stereocenters. The summed E-state index contributed by atoms with van der Waals surface area (Å²) in [6, 6.07) is 5.86. The zero-order chi connectivity index (χ0) is 12.8. The summed E-state index contributed by atoms with van der Waals surface area (Å²) < 4.78 is 11.4. The van der Waals surface area contributed by atoms with E-state index in [1.807, 2.05) is 18.2 Å². The summed E-state index contributed by atoms with van der Waals surface area (Å²) in [6.45, 7) is 7.23. The van der Waals surface area contributed by atoms with E-state index in [0.29, 0.717) is 25.7 Å². The van der Waals surface area contributed by atoms with E-state index in [2.05, 4.69) is 31.0 Å². The molecule has 2 rings (SSSR count). The largest absolute Gasteiger partial charge is 0.489 e. The van der Waals surface area contributed by atoms with Crippen LogP contribution in [0.4, 0.5) is 0 Å². The lowest BCUT2D eigenvalue weighted by Crippen LogP contribution is -2.12. The van der Waals surface area contributed by atoms with Gasteiger partial charge in [-0.15, -0.1) is 0 Å². The van der Waals surface area contributed by atoms with Crippen LogP contribution < -0.4 is 14.8 Å². The number of fused-ring (bicyclic) bond motifs is 1.